The van der Waals surface area contributed by atoms with Crippen molar-refractivity contribution in [2.75, 3.05) is 13.2 Å². The fourth-order valence-corrected chi connectivity index (χ4v) is 3.33. The van der Waals surface area contributed by atoms with Crippen LogP contribution in [0.5, 0.6) is 5.75 Å². The first-order valence-corrected chi connectivity index (χ1v) is 8.81. The maximum absolute atomic E-state index is 13.1. The second-order valence-electron chi connectivity index (χ2n) is 6.77. The van der Waals surface area contributed by atoms with E-state index in [0.29, 0.717) is 11.5 Å². The molecule has 1 atom stereocenters. The molecule has 2 aliphatic rings. The number of hydrogen-bond donors (Lipinski definition) is 0. The molecule has 0 radical (unpaired) electrons. The van der Waals surface area contributed by atoms with Crippen molar-refractivity contribution in [3.8, 4) is 5.75 Å². The van der Waals surface area contributed by atoms with Gasteiger partial charge >= 0.3 is 0 Å². The van der Waals surface area contributed by atoms with Crippen molar-refractivity contribution >= 4 is 5.91 Å². The smallest absolute Gasteiger partial charge is 0.257 e. The van der Waals surface area contributed by atoms with Crippen LogP contribution in [-0.4, -0.2) is 39.8 Å². The highest BCUT2D eigenvalue weighted by Crippen LogP contribution is 2.31. The maximum Gasteiger partial charge on any atom is 0.257 e. The average Bonchev–Trinajstić information content (AvgIpc) is 3.08. The van der Waals surface area contributed by atoms with Crippen LogP contribution in [0.25, 0.3) is 0 Å². The van der Waals surface area contributed by atoms with Gasteiger partial charge in [-0.05, 0) is 49.8 Å². The van der Waals surface area contributed by atoms with Crippen molar-refractivity contribution in [3.05, 3.63) is 48.3 Å². The highest BCUT2D eigenvalue weighted by atomic mass is 16.5. The van der Waals surface area contributed by atoms with E-state index >= 15 is 0 Å². The van der Waals surface area contributed by atoms with Crippen LogP contribution in [0.3, 0.4) is 0 Å². The Hall–Kier alpha value is -2.30. The fourth-order valence-electron chi connectivity index (χ4n) is 3.33. The molecule has 2 aromatic rings. The highest BCUT2D eigenvalue weighted by molar-refractivity contribution is 5.97. The summed E-state index contributed by atoms with van der Waals surface area (Å²) in [5.41, 5.74) is 0.686. The number of hydrogen-bond acceptors (Lipinski definition) is 3. The van der Waals surface area contributed by atoms with Gasteiger partial charge in [-0.25, -0.2) is 0 Å². The molecule has 1 amide bonds. The summed E-state index contributed by atoms with van der Waals surface area (Å²) in [4.78, 5) is 15.1. The van der Waals surface area contributed by atoms with Crippen LogP contribution in [0, 0.1) is 5.92 Å². The molecular formula is C19H23N3O2. The predicted octanol–water partition coefficient (Wildman–Crippen LogP) is 2.98. The maximum atomic E-state index is 13.1. The van der Waals surface area contributed by atoms with Crippen LogP contribution >= 0.6 is 0 Å². The number of rotatable bonds is 6. The van der Waals surface area contributed by atoms with Crippen molar-refractivity contribution in [1.29, 1.82) is 0 Å². The first-order chi connectivity index (χ1) is 11.8. The number of carbonyl (C=O) groups excluding carboxylic acids is 1. The lowest BCUT2D eigenvalue weighted by atomic mass is 10.1. The zero-order valence-electron chi connectivity index (χ0n) is 13.8. The molecule has 5 heteroatoms. The minimum atomic E-state index is 0.0797. The molecule has 24 heavy (non-hydrogen) atoms. The molecular weight excluding hydrogens is 302 g/mol. The average molecular weight is 325 g/mol. The van der Waals surface area contributed by atoms with Crippen molar-refractivity contribution < 1.29 is 9.53 Å². The molecule has 1 aliphatic carbocycles. The number of carbonyl (C=O) groups is 1. The van der Waals surface area contributed by atoms with Gasteiger partial charge in [-0.15, -0.1) is 0 Å². The Labute approximate surface area is 142 Å². The van der Waals surface area contributed by atoms with Gasteiger partial charge in [0.1, 0.15) is 5.75 Å². The van der Waals surface area contributed by atoms with E-state index in [1.165, 1.54) is 12.8 Å². The van der Waals surface area contributed by atoms with E-state index in [1.54, 1.807) is 6.20 Å². The van der Waals surface area contributed by atoms with E-state index in [4.69, 9.17) is 4.74 Å². The third kappa shape index (κ3) is 3.30. The molecule has 0 spiro atoms. The number of benzene rings is 1. The van der Waals surface area contributed by atoms with Gasteiger partial charge < -0.3 is 9.64 Å². The summed E-state index contributed by atoms with van der Waals surface area (Å²) in [6, 6.07) is 9.76. The first kappa shape index (κ1) is 15.2. The second kappa shape index (κ2) is 6.67. The van der Waals surface area contributed by atoms with E-state index in [2.05, 4.69) is 5.10 Å². The second-order valence-corrected chi connectivity index (χ2v) is 6.77. The van der Waals surface area contributed by atoms with E-state index in [1.807, 2.05) is 46.1 Å². The monoisotopic (exact) mass is 325 g/mol. The molecule has 2 heterocycles. The summed E-state index contributed by atoms with van der Waals surface area (Å²) in [7, 11) is 0. The highest BCUT2D eigenvalue weighted by Gasteiger charge is 2.31. The zero-order chi connectivity index (χ0) is 16.4. The summed E-state index contributed by atoms with van der Waals surface area (Å²) in [6.07, 6.45) is 8.29. The van der Waals surface area contributed by atoms with Crippen LogP contribution in [0.1, 0.15) is 36.0 Å². The largest absolute Gasteiger partial charge is 0.492 e. The van der Waals surface area contributed by atoms with Crippen molar-refractivity contribution in [3.63, 3.8) is 0 Å². The van der Waals surface area contributed by atoms with Gasteiger partial charge in [-0.2, -0.15) is 5.10 Å². The van der Waals surface area contributed by atoms with Gasteiger partial charge in [0, 0.05) is 18.9 Å². The topological polar surface area (TPSA) is 47.4 Å². The van der Waals surface area contributed by atoms with Crippen molar-refractivity contribution in [2.24, 2.45) is 5.92 Å². The number of para-hydroxylation sites is 1. The molecule has 0 bridgehead atoms. The first-order valence-electron chi connectivity index (χ1n) is 8.81. The summed E-state index contributed by atoms with van der Waals surface area (Å²) in [5.74, 6) is 1.47. The summed E-state index contributed by atoms with van der Waals surface area (Å²) in [6.45, 7) is 2.28. The van der Waals surface area contributed by atoms with Crippen LogP contribution in [-0.2, 0) is 6.54 Å². The lowest BCUT2D eigenvalue weighted by Crippen LogP contribution is -2.38. The molecule has 1 saturated heterocycles. The number of nitrogens with zero attached hydrogens (tertiary/aromatic N) is 3. The molecule has 0 N–H and O–H groups in total. The standard InChI is InChI=1S/C19H23N3O2/c23-19(17-6-1-2-7-18(17)24-14-15-8-9-15)22-12-3-5-16(22)13-21-11-4-10-20-21/h1-2,4,6-7,10-11,15-16H,3,5,8-9,12-14H2. The molecule has 2 fully saturated rings. The molecule has 4 rings (SSSR count). The number of amides is 1. The third-order valence-electron chi connectivity index (χ3n) is 4.88. The predicted molar refractivity (Wildman–Crippen MR) is 90.9 cm³/mol. The van der Waals surface area contributed by atoms with E-state index in [0.717, 1.165) is 38.3 Å². The van der Waals surface area contributed by atoms with Crippen LogP contribution in [0.2, 0.25) is 0 Å². The Morgan fingerprint density at radius 3 is 2.88 bits per heavy atom. The van der Waals surface area contributed by atoms with E-state index < -0.39 is 0 Å². The Morgan fingerprint density at radius 1 is 1.21 bits per heavy atom. The lowest BCUT2D eigenvalue weighted by Gasteiger charge is -2.25. The molecule has 126 valence electrons. The van der Waals surface area contributed by atoms with Crippen LogP contribution in [0.15, 0.2) is 42.7 Å². The molecule has 5 nitrogen and oxygen atoms in total. The van der Waals surface area contributed by atoms with Crippen molar-refractivity contribution in [2.45, 2.75) is 38.3 Å². The Kier molecular flexibility index (Phi) is 4.24. The molecule has 1 aromatic heterocycles. The quantitative estimate of drug-likeness (QED) is 0.820. The van der Waals surface area contributed by atoms with Crippen LogP contribution < -0.4 is 4.74 Å². The molecule has 1 aliphatic heterocycles. The van der Waals surface area contributed by atoms with Gasteiger partial charge in [-0.1, -0.05) is 12.1 Å². The van der Waals surface area contributed by atoms with Crippen LogP contribution in [0.4, 0.5) is 0 Å². The molecule has 1 unspecified atom stereocenters. The number of likely N-dealkylation sites (tertiary alicyclic amines) is 1. The SMILES string of the molecule is O=C(c1ccccc1OCC1CC1)N1CCCC1Cn1cccn1. The number of aromatic nitrogens is 2. The normalized spacial score (nSPS) is 20.3. The van der Waals surface area contributed by atoms with Gasteiger partial charge in [0.2, 0.25) is 0 Å². The Balaban J connectivity index is 1.49. The van der Waals surface area contributed by atoms with Gasteiger partial charge in [0.05, 0.1) is 24.8 Å². The molecule has 1 aromatic carbocycles. The minimum absolute atomic E-state index is 0.0797. The number of ether oxygens (including phenoxy) is 1. The van der Waals surface area contributed by atoms with Gasteiger partial charge in [-0.3, -0.25) is 9.48 Å². The van der Waals surface area contributed by atoms with Gasteiger partial charge in [0.25, 0.3) is 5.91 Å². The minimum Gasteiger partial charge on any atom is -0.492 e. The van der Waals surface area contributed by atoms with E-state index in [9.17, 15) is 4.79 Å². The zero-order valence-corrected chi connectivity index (χ0v) is 13.8. The summed E-state index contributed by atoms with van der Waals surface area (Å²) >= 11 is 0. The van der Waals surface area contributed by atoms with Crippen molar-refractivity contribution in [1.82, 2.24) is 14.7 Å². The van der Waals surface area contributed by atoms with E-state index in [-0.39, 0.29) is 11.9 Å². The lowest BCUT2D eigenvalue weighted by molar-refractivity contribution is 0.0717. The Bertz CT molecular complexity index is 694. The Morgan fingerprint density at radius 2 is 2.08 bits per heavy atom. The third-order valence-corrected chi connectivity index (χ3v) is 4.88. The summed E-state index contributed by atoms with van der Waals surface area (Å²) in [5, 5.41) is 4.27. The molecule has 1 saturated carbocycles. The fraction of sp³-hybridized carbons (Fsp3) is 0.474. The van der Waals surface area contributed by atoms with Gasteiger partial charge in [0.15, 0.2) is 0 Å². The summed E-state index contributed by atoms with van der Waals surface area (Å²) < 4.78 is 7.83.